The molecule has 2 aromatic carbocycles. The van der Waals surface area contributed by atoms with Gasteiger partial charge in [-0.15, -0.1) is 0 Å². The van der Waals surface area contributed by atoms with Gasteiger partial charge in [-0.25, -0.2) is 0 Å². The number of para-hydroxylation sites is 1. The van der Waals surface area contributed by atoms with Crippen molar-refractivity contribution >= 4 is 5.91 Å². The minimum Gasteiger partial charge on any atom is -0.484 e. The third kappa shape index (κ3) is 6.27. The van der Waals surface area contributed by atoms with Crippen molar-refractivity contribution in [3.05, 3.63) is 54.6 Å². The molecule has 5 nitrogen and oxygen atoms in total. The van der Waals surface area contributed by atoms with Crippen LogP contribution in [0.15, 0.2) is 54.6 Å². The van der Waals surface area contributed by atoms with Crippen LogP contribution < -0.4 is 14.8 Å². The number of carbonyl (C=O) groups excluding carboxylic acids is 1. The van der Waals surface area contributed by atoms with Crippen molar-refractivity contribution < 1.29 is 14.3 Å². The average molecular weight is 383 g/mol. The highest BCUT2D eigenvalue weighted by molar-refractivity contribution is 5.77. The average Bonchev–Trinajstić information content (AvgIpc) is 2.73. The highest BCUT2D eigenvalue weighted by atomic mass is 16.5. The number of benzene rings is 2. The second-order valence-corrected chi connectivity index (χ2v) is 7.58. The highest BCUT2D eigenvalue weighted by Gasteiger charge is 2.21. The molecule has 0 saturated carbocycles. The summed E-state index contributed by atoms with van der Waals surface area (Å²) in [4.78, 5) is 14.6. The summed E-state index contributed by atoms with van der Waals surface area (Å²) in [6, 6.07) is 17.5. The van der Waals surface area contributed by atoms with E-state index >= 15 is 0 Å². The van der Waals surface area contributed by atoms with E-state index in [0.29, 0.717) is 17.7 Å². The molecule has 0 aliphatic carbocycles. The van der Waals surface area contributed by atoms with Crippen LogP contribution in [-0.2, 0) is 4.79 Å². The molecule has 1 heterocycles. The van der Waals surface area contributed by atoms with Crippen molar-refractivity contribution in [3.63, 3.8) is 0 Å². The number of ether oxygens (including phenoxy) is 2. The van der Waals surface area contributed by atoms with Gasteiger partial charge < -0.3 is 19.7 Å². The molecule has 0 unspecified atom stereocenters. The molecule has 1 fully saturated rings. The third-order valence-corrected chi connectivity index (χ3v) is 5.04. The third-order valence-electron chi connectivity index (χ3n) is 5.04. The number of rotatable bonds is 8. The van der Waals surface area contributed by atoms with Crippen LogP contribution in [-0.4, -0.2) is 43.1 Å². The Kier molecular flexibility index (Phi) is 7.31. The Hall–Kier alpha value is -2.53. The Bertz CT molecular complexity index is 731. The fourth-order valence-corrected chi connectivity index (χ4v) is 3.42. The Morgan fingerprint density at radius 2 is 1.75 bits per heavy atom. The Balaban J connectivity index is 1.38. The van der Waals surface area contributed by atoms with Crippen molar-refractivity contribution in [1.82, 2.24) is 10.2 Å². The van der Waals surface area contributed by atoms with Gasteiger partial charge in [0.15, 0.2) is 6.61 Å². The fourth-order valence-electron chi connectivity index (χ4n) is 3.42. The minimum atomic E-state index is -0.0775. The smallest absolute Gasteiger partial charge is 0.257 e. The normalized spacial score (nSPS) is 17.3. The zero-order valence-electron chi connectivity index (χ0n) is 16.8. The molecule has 0 bridgehead atoms. The first-order chi connectivity index (χ1) is 13.6. The number of hydrogen-bond donors (Lipinski definition) is 1. The predicted molar refractivity (Wildman–Crippen MR) is 111 cm³/mol. The molecule has 5 heteroatoms. The van der Waals surface area contributed by atoms with Crippen molar-refractivity contribution in [2.24, 2.45) is 5.92 Å². The molecule has 1 saturated heterocycles. The van der Waals surface area contributed by atoms with E-state index in [1.807, 2.05) is 54.6 Å². The Morgan fingerprint density at radius 3 is 2.46 bits per heavy atom. The quantitative estimate of drug-likeness (QED) is 0.747. The maximum Gasteiger partial charge on any atom is 0.257 e. The summed E-state index contributed by atoms with van der Waals surface area (Å²) in [5.41, 5.74) is 0. The van der Waals surface area contributed by atoms with Gasteiger partial charge in [-0.2, -0.15) is 0 Å². The first-order valence-electron chi connectivity index (χ1n) is 10.1. The molecule has 0 spiro atoms. The molecule has 0 aromatic heterocycles. The zero-order chi connectivity index (χ0) is 19.8. The molecule has 2 aromatic rings. The lowest BCUT2D eigenvalue weighted by atomic mass is 9.97. The molecule has 1 atom stereocenters. The van der Waals surface area contributed by atoms with E-state index < -0.39 is 0 Å². The van der Waals surface area contributed by atoms with E-state index in [9.17, 15) is 4.79 Å². The number of nitrogens with one attached hydrogen (secondary N) is 1. The largest absolute Gasteiger partial charge is 0.484 e. The Morgan fingerprint density at radius 1 is 1.07 bits per heavy atom. The fraction of sp³-hybridized carbons (Fsp3) is 0.435. The summed E-state index contributed by atoms with van der Waals surface area (Å²) in [6.07, 6.45) is 2.37. The van der Waals surface area contributed by atoms with Gasteiger partial charge in [0.05, 0.1) is 0 Å². The maximum atomic E-state index is 12.1. The number of piperidine rings is 1. The molecule has 1 aliphatic rings. The van der Waals surface area contributed by atoms with Crippen molar-refractivity contribution in [3.8, 4) is 17.2 Å². The summed E-state index contributed by atoms with van der Waals surface area (Å²) >= 11 is 0. The number of hydrogen-bond acceptors (Lipinski definition) is 4. The minimum absolute atomic E-state index is 0.0273. The molecule has 150 valence electrons. The number of nitrogens with zero attached hydrogens (tertiary/aromatic N) is 1. The summed E-state index contributed by atoms with van der Waals surface area (Å²) < 4.78 is 11.3. The lowest BCUT2D eigenvalue weighted by molar-refractivity contribution is -0.123. The lowest BCUT2D eigenvalue weighted by Crippen LogP contribution is -2.44. The summed E-state index contributed by atoms with van der Waals surface area (Å²) in [5.74, 6) is 2.62. The van der Waals surface area contributed by atoms with E-state index in [-0.39, 0.29) is 12.5 Å². The van der Waals surface area contributed by atoms with E-state index in [1.165, 1.54) is 12.8 Å². The number of amides is 1. The summed E-state index contributed by atoms with van der Waals surface area (Å²) in [6.45, 7) is 7.42. The van der Waals surface area contributed by atoms with E-state index in [2.05, 4.69) is 24.1 Å². The monoisotopic (exact) mass is 382 g/mol. The van der Waals surface area contributed by atoms with Gasteiger partial charge in [0.25, 0.3) is 5.91 Å². The molecule has 3 rings (SSSR count). The molecule has 28 heavy (non-hydrogen) atoms. The lowest BCUT2D eigenvalue weighted by Gasteiger charge is -2.35. The van der Waals surface area contributed by atoms with Gasteiger partial charge in [-0.1, -0.05) is 18.2 Å². The second kappa shape index (κ2) is 10.1. The van der Waals surface area contributed by atoms with Gasteiger partial charge >= 0.3 is 0 Å². The van der Waals surface area contributed by atoms with E-state index in [1.54, 1.807) is 0 Å². The molecule has 0 radical (unpaired) electrons. The van der Waals surface area contributed by atoms with E-state index in [4.69, 9.17) is 9.47 Å². The second-order valence-electron chi connectivity index (χ2n) is 7.58. The van der Waals surface area contributed by atoms with E-state index in [0.717, 1.165) is 31.1 Å². The van der Waals surface area contributed by atoms with Crippen molar-refractivity contribution in [1.29, 1.82) is 0 Å². The molecular formula is C23H30N2O3. The standard InChI is InChI=1S/C23H30N2O3/c1-18(2)25-14-6-7-19(16-25)15-24-23(26)17-27-20-10-12-22(13-11-20)28-21-8-4-3-5-9-21/h3-5,8-13,18-19H,6-7,14-17H2,1-2H3,(H,24,26)/t19-/m0/s1. The predicted octanol–water partition coefficient (Wildman–Crippen LogP) is 4.09. The van der Waals surface area contributed by atoms with Gasteiger partial charge in [-0.3, -0.25) is 4.79 Å². The van der Waals surface area contributed by atoms with Crippen LogP contribution in [0.1, 0.15) is 26.7 Å². The zero-order valence-corrected chi connectivity index (χ0v) is 16.8. The highest BCUT2D eigenvalue weighted by Crippen LogP contribution is 2.23. The van der Waals surface area contributed by atoms with Crippen LogP contribution in [0.3, 0.4) is 0 Å². The first kappa shape index (κ1) is 20.2. The molecule has 1 amide bonds. The summed E-state index contributed by atoms with van der Waals surface area (Å²) in [5, 5.41) is 3.01. The van der Waals surface area contributed by atoms with Crippen LogP contribution >= 0.6 is 0 Å². The van der Waals surface area contributed by atoms with Gasteiger partial charge in [0, 0.05) is 19.1 Å². The topological polar surface area (TPSA) is 50.8 Å². The van der Waals surface area contributed by atoms with Crippen LogP contribution in [0.2, 0.25) is 0 Å². The summed E-state index contributed by atoms with van der Waals surface area (Å²) in [7, 11) is 0. The molecule has 1 N–H and O–H groups in total. The van der Waals surface area contributed by atoms with Crippen LogP contribution in [0.4, 0.5) is 0 Å². The number of likely N-dealkylation sites (tertiary alicyclic amines) is 1. The van der Waals surface area contributed by atoms with Gasteiger partial charge in [0.2, 0.25) is 0 Å². The van der Waals surface area contributed by atoms with Crippen LogP contribution in [0, 0.1) is 5.92 Å². The first-order valence-corrected chi connectivity index (χ1v) is 10.1. The van der Waals surface area contributed by atoms with Crippen LogP contribution in [0.25, 0.3) is 0 Å². The Labute approximate surface area is 167 Å². The molecule has 1 aliphatic heterocycles. The maximum absolute atomic E-state index is 12.1. The SMILES string of the molecule is CC(C)N1CCC[C@@H](CNC(=O)COc2ccc(Oc3ccccc3)cc2)C1. The number of carbonyl (C=O) groups is 1. The van der Waals surface area contributed by atoms with Gasteiger partial charge in [0.1, 0.15) is 17.2 Å². The molecular weight excluding hydrogens is 352 g/mol. The van der Waals surface area contributed by atoms with Crippen molar-refractivity contribution in [2.75, 3.05) is 26.2 Å². The van der Waals surface area contributed by atoms with Crippen LogP contribution in [0.5, 0.6) is 17.2 Å². The van der Waals surface area contributed by atoms with Crippen molar-refractivity contribution in [2.45, 2.75) is 32.7 Å². The van der Waals surface area contributed by atoms with Gasteiger partial charge in [-0.05, 0) is 75.5 Å².